The molecule has 2 nitrogen and oxygen atoms in total. The lowest BCUT2D eigenvalue weighted by molar-refractivity contribution is 0.136. The van der Waals surface area contributed by atoms with Crippen LogP contribution in [0, 0.1) is 5.92 Å². The predicted octanol–water partition coefficient (Wildman–Crippen LogP) is 3.03. The first kappa shape index (κ1) is 12.7. The van der Waals surface area contributed by atoms with Gasteiger partial charge >= 0.3 is 0 Å². The molecule has 0 spiro atoms. The molecule has 0 saturated heterocycles. The summed E-state index contributed by atoms with van der Waals surface area (Å²) in [6.07, 6.45) is 0. The molecule has 86 valence electrons. The summed E-state index contributed by atoms with van der Waals surface area (Å²) in [6, 6.07) is 4.35. The SMILES string of the molecule is CCOCc1ccc(CNCC(C)C)s1. The number of thiophene rings is 1. The second kappa shape index (κ2) is 6.99. The zero-order valence-corrected chi connectivity index (χ0v) is 10.7. The van der Waals surface area contributed by atoms with Crippen molar-refractivity contribution in [3.05, 3.63) is 21.9 Å². The maximum absolute atomic E-state index is 5.37. The van der Waals surface area contributed by atoms with E-state index in [2.05, 4.69) is 31.3 Å². The van der Waals surface area contributed by atoms with Crippen molar-refractivity contribution >= 4 is 11.3 Å². The average Bonchev–Trinajstić information content (AvgIpc) is 2.62. The summed E-state index contributed by atoms with van der Waals surface area (Å²) >= 11 is 1.84. The number of hydrogen-bond acceptors (Lipinski definition) is 3. The molecule has 0 atom stereocenters. The van der Waals surface area contributed by atoms with Gasteiger partial charge in [-0.3, -0.25) is 0 Å². The molecule has 0 bridgehead atoms. The number of hydrogen-bond donors (Lipinski definition) is 1. The monoisotopic (exact) mass is 227 g/mol. The minimum atomic E-state index is 0.716. The maximum atomic E-state index is 5.37. The highest BCUT2D eigenvalue weighted by Crippen LogP contribution is 2.17. The minimum absolute atomic E-state index is 0.716. The topological polar surface area (TPSA) is 21.3 Å². The van der Waals surface area contributed by atoms with Crippen molar-refractivity contribution in [2.24, 2.45) is 5.92 Å². The van der Waals surface area contributed by atoms with Crippen LogP contribution in [0.3, 0.4) is 0 Å². The van der Waals surface area contributed by atoms with Crippen LogP contribution in [0.15, 0.2) is 12.1 Å². The second-order valence-electron chi connectivity index (χ2n) is 4.03. The van der Waals surface area contributed by atoms with Crippen LogP contribution in [0.5, 0.6) is 0 Å². The van der Waals surface area contributed by atoms with Gasteiger partial charge in [-0.05, 0) is 31.5 Å². The first-order valence-corrected chi connectivity index (χ1v) is 6.40. The van der Waals surface area contributed by atoms with Crippen LogP contribution in [0.4, 0.5) is 0 Å². The van der Waals surface area contributed by atoms with Crippen LogP contribution in [-0.2, 0) is 17.9 Å². The van der Waals surface area contributed by atoms with E-state index in [1.165, 1.54) is 9.75 Å². The largest absolute Gasteiger partial charge is 0.376 e. The zero-order valence-electron chi connectivity index (χ0n) is 9.88. The Balaban J connectivity index is 2.26. The van der Waals surface area contributed by atoms with Gasteiger partial charge in [-0.2, -0.15) is 0 Å². The highest BCUT2D eigenvalue weighted by Gasteiger charge is 2.00. The molecule has 0 aliphatic rings. The molecule has 1 heterocycles. The van der Waals surface area contributed by atoms with Gasteiger partial charge in [-0.25, -0.2) is 0 Å². The first-order chi connectivity index (χ1) is 7.22. The van der Waals surface area contributed by atoms with E-state index in [0.29, 0.717) is 5.92 Å². The first-order valence-electron chi connectivity index (χ1n) is 5.58. The molecule has 0 saturated carbocycles. The van der Waals surface area contributed by atoms with Gasteiger partial charge in [0.2, 0.25) is 0 Å². The standard InChI is InChI=1S/C12H21NOS/c1-4-14-9-12-6-5-11(15-12)8-13-7-10(2)3/h5-6,10,13H,4,7-9H2,1-3H3. The minimum Gasteiger partial charge on any atom is -0.376 e. The fraction of sp³-hybridized carbons (Fsp3) is 0.667. The summed E-state index contributed by atoms with van der Waals surface area (Å²) in [5, 5.41) is 3.44. The molecule has 0 aromatic carbocycles. The van der Waals surface area contributed by atoms with E-state index in [1.54, 1.807) is 0 Å². The molecule has 15 heavy (non-hydrogen) atoms. The Morgan fingerprint density at radius 1 is 1.33 bits per heavy atom. The number of nitrogens with one attached hydrogen (secondary N) is 1. The smallest absolute Gasteiger partial charge is 0.0809 e. The Hall–Kier alpha value is -0.380. The highest BCUT2D eigenvalue weighted by molar-refractivity contribution is 7.11. The van der Waals surface area contributed by atoms with Crippen molar-refractivity contribution in [1.82, 2.24) is 5.32 Å². The molecule has 0 unspecified atom stereocenters. The van der Waals surface area contributed by atoms with E-state index in [1.807, 2.05) is 18.3 Å². The van der Waals surface area contributed by atoms with E-state index in [0.717, 1.165) is 26.3 Å². The van der Waals surface area contributed by atoms with Gasteiger partial charge < -0.3 is 10.1 Å². The molecule has 0 aliphatic heterocycles. The Morgan fingerprint density at radius 2 is 2.07 bits per heavy atom. The van der Waals surface area contributed by atoms with Gasteiger partial charge in [0.05, 0.1) is 6.61 Å². The highest BCUT2D eigenvalue weighted by atomic mass is 32.1. The Morgan fingerprint density at radius 3 is 2.73 bits per heavy atom. The van der Waals surface area contributed by atoms with Crippen LogP contribution in [0.25, 0.3) is 0 Å². The summed E-state index contributed by atoms with van der Waals surface area (Å²) in [5.41, 5.74) is 0. The molecule has 0 radical (unpaired) electrons. The van der Waals surface area contributed by atoms with Gasteiger partial charge in [-0.15, -0.1) is 11.3 Å². The third-order valence-corrected chi connectivity index (χ3v) is 3.08. The molecule has 0 aliphatic carbocycles. The summed E-state index contributed by atoms with van der Waals surface area (Å²) in [6.45, 7) is 10.1. The quantitative estimate of drug-likeness (QED) is 0.773. The van der Waals surface area contributed by atoms with Crippen LogP contribution in [0.2, 0.25) is 0 Å². The molecule has 0 fully saturated rings. The van der Waals surface area contributed by atoms with Crippen LogP contribution < -0.4 is 5.32 Å². The number of ether oxygens (including phenoxy) is 1. The predicted molar refractivity (Wildman–Crippen MR) is 66.2 cm³/mol. The Kier molecular flexibility index (Phi) is 5.91. The van der Waals surface area contributed by atoms with E-state index >= 15 is 0 Å². The maximum Gasteiger partial charge on any atom is 0.0809 e. The molecule has 0 amide bonds. The Bertz CT molecular complexity index is 270. The van der Waals surface area contributed by atoms with Gasteiger partial charge in [0.15, 0.2) is 0 Å². The fourth-order valence-corrected chi connectivity index (χ4v) is 2.21. The normalized spacial score (nSPS) is 11.2. The summed E-state index contributed by atoms with van der Waals surface area (Å²) in [4.78, 5) is 2.71. The lowest BCUT2D eigenvalue weighted by Crippen LogP contribution is -2.18. The Labute approximate surface area is 96.7 Å². The fourth-order valence-electron chi connectivity index (χ4n) is 1.28. The third-order valence-electron chi connectivity index (χ3n) is 2.02. The van der Waals surface area contributed by atoms with Crippen molar-refractivity contribution in [3.63, 3.8) is 0 Å². The van der Waals surface area contributed by atoms with Crippen LogP contribution >= 0.6 is 11.3 Å². The molecule has 1 N–H and O–H groups in total. The lowest BCUT2D eigenvalue weighted by Gasteiger charge is -2.05. The van der Waals surface area contributed by atoms with Crippen molar-refractivity contribution in [2.75, 3.05) is 13.2 Å². The summed E-state index contributed by atoms with van der Waals surface area (Å²) in [7, 11) is 0. The lowest BCUT2D eigenvalue weighted by atomic mass is 10.2. The molecule has 1 rings (SSSR count). The summed E-state index contributed by atoms with van der Waals surface area (Å²) in [5.74, 6) is 0.716. The second-order valence-corrected chi connectivity index (χ2v) is 5.28. The molecular formula is C12H21NOS. The molecule has 3 heteroatoms. The van der Waals surface area contributed by atoms with E-state index in [4.69, 9.17) is 4.74 Å². The average molecular weight is 227 g/mol. The van der Waals surface area contributed by atoms with Crippen molar-refractivity contribution < 1.29 is 4.74 Å². The van der Waals surface area contributed by atoms with Crippen molar-refractivity contribution in [1.29, 1.82) is 0 Å². The van der Waals surface area contributed by atoms with Gasteiger partial charge in [0, 0.05) is 22.9 Å². The van der Waals surface area contributed by atoms with Crippen molar-refractivity contribution in [3.8, 4) is 0 Å². The van der Waals surface area contributed by atoms with Crippen molar-refractivity contribution in [2.45, 2.75) is 33.9 Å². The molecule has 1 aromatic rings. The number of rotatable bonds is 7. The van der Waals surface area contributed by atoms with E-state index in [9.17, 15) is 0 Å². The van der Waals surface area contributed by atoms with Gasteiger partial charge in [0.25, 0.3) is 0 Å². The van der Waals surface area contributed by atoms with Gasteiger partial charge in [0.1, 0.15) is 0 Å². The van der Waals surface area contributed by atoms with E-state index in [-0.39, 0.29) is 0 Å². The molecule has 1 aromatic heterocycles. The third kappa shape index (κ3) is 5.30. The zero-order chi connectivity index (χ0) is 11.1. The van der Waals surface area contributed by atoms with Gasteiger partial charge in [-0.1, -0.05) is 13.8 Å². The van der Waals surface area contributed by atoms with Crippen LogP contribution in [-0.4, -0.2) is 13.2 Å². The summed E-state index contributed by atoms with van der Waals surface area (Å²) < 4.78 is 5.37. The van der Waals surface area contributed by atoms with Crippen LogP contribution in [0.1, 0.15) is 30.5 Å². The molecular weight excluding hydrogens is 206 g/mol. The van der Waals surface area contributed by atoms with E-state index < -0.39 is 0 Å².